The summed E-state index contributed by atoms with van der Waals surface area (Å²) >= 11 is 0. The summed E-state index contributed by atoms with van der Waals surface area (Å²) in [6.45, 7) is 16.6. The average molecular weight is 438 g/mol. The first-order valence-electron chi connectivity index (χ1n) is 13.5. The fraction of sp³-hybridized carbons (Fsp3) is 0.833. The van der Waals surface area contributed by atoms with Crippen LogP contribution in [-0.4, -0.2) is 11.2 Å². The summed E-state index contributed by atoms with van der Waals surface area (Å²) in [5.74, 6) is 2.66. The Kier molecular flexibility index (Phi) is 6.24. The monoisotopic (exact) mass is 437 g/mol. The molecule has 7 atom stereocenters. The summed E-state index contributed by atoms with van der Waals surface area (Å²) in [7, 11) is 0. The first-order valence-corrected chi connectivity index (χ1v) is 13.5. The molecule has 2 nitrogen and oxygen atoms in total. The highest BCUT2D eigenvalue weighted by Gasteiger charge is 2.61. The van der Waals surface area contributed by atoms with E-state index >= 15 is 0 Å². The molecule has 1 saturated carbocycles. The fourth-order valence-corrected chi connectivity index (χ4v) is 8.80. The van der Waals surface area contributed by atoms with Gasteiger partial charge in [-0.25, -0.2) is 0 Å². The van der Waals surface area contributed by atoms with E-state index in [1.165, 1.54) is 32.1 Å². The molecule has 0 saturated heterocycles. The molecule has 178 valence electrons. The zero-order valence-electron chi connectivity index (χ0n) is 21.8. The molecule has 0 aromatic heterocycles. The Bertz CT molecular complexity index is 841. The maximum Gasteiger partial charge on any atom is 0.0666 e. The molecule has 0 amide bonds. The summed E-state index contributed by atoms with van der Waals surface area (Å²) in [6.07, 6.45) is 12.8. The lowest BCUT2D eigenvalue weighted by molar-refractivity contribution is -0.109. The molecule has 1 N–H and O–H groups in total. The lowest BCUT2D eigenvalue weighted by atomic mass is 9.43. The van der Waals surface area contributed by atoms with Crippen molar-refractivity contribution in [3.8, 4) is 6.07 Å². The molecule has 1 fully saturated rings. The van der Waals surface area contributed by atoms with Gasteiger partial charge in [0.2, 0.25) is 0 Å². The number of fused-ring (bicyclic) bond motifs is 4. The Morgan fingerprint density at radius 2 is 1.84 bits per heavy atom. The quantitative estimate of drug-likeness (QED) is 0.476. The zero-order chi connectivity index (χ0) is 23.5. The predicted molar refractivity (Wildman–Crippen MR) is 133 cm³/mol. The van der Waals surface area contributed by atoms with Crippen LogP contribution in [0.15, 0.2) is 22.8 Å². The molecular formula is C30H47NO. The van der Waals surface area contributed by atoms with Crippen molar-refractivity contribution in [3.63, 3.8) is 0 Å². The number of rotatable bonds is 5. The van der Waals surface area contributed by atoms with Crippen LogP contribution in [0, 0.1) is 57.2 Å². The maximum absolute atomic E-state index is 10.9. The summed E-state index contributed by atoms with van der Waals surface area (Å²) in [5, 5.41) is 21.1. The van der Waals surface area contributed by atoms with Crippen LogP contribution in [0.2, 0.25) is 0 Å². The molecule has 0 bridgehead atoms. The van der Waals surface area contributed by atoms with Crippen LogP contribution in [-0.2, 0) is 0 Å². The van der Waals surface area contributed by atoms with E-state index in [0.717, 1.165) is 37.0 Å². The van der Waals surface area contributed by atoms with E-state index in [1.54, 1.807) is 16.7 Å². The fourth-order valence-electron chi connectivity index (χ4n) is 8.80. The van der Waals surface area contributed by atoms with Crippen LogP contribution in [0.4, 0.5) is 0 Å². The largest absolute Gasteiger partial charge is 0.393 e. The molecule has 0 aromatic carbocycles. The first-order chi connectivity index (χ1) is 15.0. The average Bonchev–Trinajstić information content (AvgIpc) is 3.08. The van der Waals surface area contributed by atoms with E-state index in [4.69, 9.17) is 0 Å². The standard InChI is InChI=1S/C30H47NO/c1-19(2)9-8-10-20(3)23-12-13-24-22-11-14-26-28(4,5)27(32)17-21(18-31)30(26,7)25(22)15-16-29(23,24)6/h13,19-21,23,26-27,32H,8-12,14-17H2,1-7H3/t20-,21-,23-,26+,27-,29-,30-/m1/s1. The van der Waals surface area contributed by atoms with Crippen molar-refractivity contribution in [2.75, 3.05) is 0 Å². The van der Waals surface area contributed by atoms with Gasteiger partial charge in [-0.15, -0.1) is 0 Å². The van der Waals surface area contributed by atoms with Gasteiger partial charge in [0.05, 0.1) is 18.1 Å². The second-order valence-electron chi connectivity index (χ2n) is 13.3. The molecule has 0 radical (unpaired) electrons. The molecule has 4 aliphatic carbocycles. The third-order valence-corrected chi connectivity index (χ3v) is 10.9. The highest BCUT2D eigenvalue weighted by Crippen LogP contribution is 2.67. The topological polar surface area (TPSA) is 44.0 Å². The van der Waals surface area contributed by atoms with Gasteiger partial charge in [0, 0.05) is 5.41 Å². The summed E-state index contributed by atoms with van der Waals surface area (Å²) < 4.78 is 0. The maximum atomic E-state index is 10.9. The lowest BCUT2D eigenvalue weighted by Crippen LogP contribution is -2.57. The Morgan fingerprint density at radius 3 is 2.50 bits per heavy atom. The molecule has 4 aliphatic rings. The van der Waals surface area contributed by atoms with Crippen molar-refractivity contribution < 1.29 is 5.11 Å². The first kappa shape index (κ1) is 24.1. The van der Waals surface area contributed by atoms with Crippen molar-refractivity contribution in [3.05, 3.63) is 22.8 Å². The van der Waals surface area contributed by atoms with Crippen LogP contribution < -0.4 is 0 Å². The lowest BCUT2D eigenvalue weighted by Gasteiger charge is -2.60. The molecule has 2 heteroatoms. The minimum Gasteiger partial charge on any atom is -0.393 e. The number of aliphatic hydroxyl groups is 1. The highest BCUT2D eigenvalue weighted by molar-refractivity contribution is 5.50. The van der Waals surface area contributed by atoms with Crippen molar-refractivity contribution in [1.82, 2.24) is 0 Å². The van der Waals surface area contributed by atoms with Crippen molar-refractivity contribution in [2.45, 2.75) is 112 Å². The van der Waals surface area contributed by atoms with Gasteiger partial charge in [-0.2, -0.15) is 5.26 Å². The molecule has 0 heterocycles. The summed E-state index contributed by atoms with van der Waals surface area (Å²) in [4.78, 5) is 0. The second-order valence-corrected chi connectivity index (χ2v) is 13.3. The SMILES string of the molecule is CC(C)CCC[C@@H](C)[C@H]1CC=C2C3=C(CC[C@@]21C)[C@@]1(C)[C@@H](C#N)C[C@@H](O)C(C)(C)[C@@H]1CC3. The van der Waals surface area contributed by atoms with Crippen LogP contribution >= 0.6 is 0 Å². The van der Waals surface area contributed by atoms with E-state index in [9.17, 15) is 10.4 Å². The van der Waals surface area contributed by atoms with Gasteiger partial charge in [-0.1, -0.05) is 79.4 Å². The third-order valence-electron chi connectivity index (χ3n) is 10.9. The minimum atomic E-state index is -0.372. The van der Waals surface area contributed by atoms with Gasteiger partial charge in [0.1, 0.15) is 0 Å². The van der Waals surface area contributed by atoms with Gasteiger partial charge in [0.25, 0.3) is 0 Å². The molecule has 0 aromatic rings. The number of hydrogen-bond donors (Lipinski definition) is 1. The molecule has 0 spiro atoms. The van der Waals surface area contributed by atoms with Crippen molar-refractivity contribution >= 4 is 0 Å². The minimum absolute atomic E-state index is 0.0714. The Morgan fingerprint density at radius 1 is 1.12 bits per heavy atom. The normalized spacial score (nSPS) is 41.4. The summed E-state index contributed by atoms with van der Waals surface area (Å²) in [6, 6.07) is 2.66. The van der Waals surface area contributed by atoms with Crippen LogP contribution in [0.3, 0.4) is 0 Å². The second kappa shape index (κ2) is 8.30. The Hall–Kier alpha value is -1.07. The van der Waals surface area contributed by atoms with Gasteiger partial charge in [0.15, 0.2) is 0 Å². The van der Waals surface area contributed by atoms with Crippen LogP contribution in [0.5, 0.6) is 0 Å². The molecular weight excluding hydrogens is 390 g/mol. The molecule has 4 rings (SSSR count). The van der Waals surface area contributed by atoms with Gasteiger partial charge in [-0.3, -0.25) is 0 Å². The zero-order valence-corrected chi connectivity index (χ0v) is 21.8. The van der Waals surface area contributed by atoms with Crippen molar-refractivity contribution in [2.24, 2.45) is 45.8 Å². The highest BCUT2D eigenvalue weighted by atomic mass is 16.3. The van der Waals surface area contributed by atoms with Crippen LogP contribution in [0.25, 0.3) is 0 Å². The Labute approximate surface area is 197 Å². The van der Waals surface area contributed by atoms with E-state index in [2.05, 4.69) is 60.6 Å². The number of nitrogens with zero attached hydrogens (tertiary/aromatic N) is 1. The summed E-state index contributed by atoms with van der Waals surface area (Å²) in [5.41, 5.74) is 4.97. The third kappa shape index (κ3) is 3.45. The number of allylic oxidation sites excluding steroid dienone is 4. The van der Waals surface area contributed by atoms with E-state index in [-0.39, 0.29) is 22.9 Å². The predicted octanol–water partition coefficient (Wildman–Crippen LogP) is 7.84. The number of nitriles is 1. The number of hydrogen-bond acceptors (Lipinski definition) is 2. The van der Waals surface area contributed by atoms with Gasteiger partial charge >= 0.3 is 0 Å². The van der Waals surface area contributed by atoms with E-state index in [0.29, 0.717) is 17.8 Å². The molecule has 32 heavy (non-hydrogen) atoms. The van der Waals surface area contributed by atoms with E-state index < -0.39 is 0 Å². The smallest absolute Gasteiger partial charge is 0.0666 e. The van der Waals surface area contributed by atoms with Gasteiger partial charge < -0.3 is 5.11 Å². The molecule has 0 aliphatic heterocycles. The Balaban J connectivity index is 1.65. The van der Waals surface area contributed by atoms with Crippen molar-refractivity contribution in [1.29, 1.82) is 5.26 Å². The van der Waals surface area contributed by atoms with E-state index in [1.807, 2.05) is 0 Å². The number of aliphatic hydroxyl groups excluding tert-OH is 1. The van der Waals surface area contributed by atoms with Gasteiger partial charge in [-0.05, 0) is 84.2 Å². The van der Waals surface area contributed by atoms with Crippen LogP contribution in [0.1, 0.15) is 106 Å². The molecule has 0 unspecified atom stereocenters.